The molecule has 1 fully saturated rings. The molecular formula is C25H30IN5O4. The fourth-order valence-corrected chi connectivity index (χ4v) is 4.97. The number of hydrogen-bond acceptors (Lipinski definition) is 6. The van der Waals surface area contributed by atoms with Gasteiger partial charge in [-0.1, -0.05) is 43.3 Å². The third kappa shape index (κ3) is 5.43. The zero-order chi connectivity index (χ0) is 25.3. The Hall–Kier alpha value is -2.73. The highest BCUT2D eigenvalue weighted by molar-refractivity contribution is 14.1. The standard InChI is InChI=1S/C25H30IN5O4/c1-14(2)23(31-11-19(26)10-27-31)25(34)30-12-20(32)9-22(30)24(33)28-15(3)17-5-7-18(8-6-17)21-13-35-29-16(21)4/h5-8,10-11,13-15,20,22-23,32H,9,12H2,1-4H3,(H,28,33). The minimum Gasteiger partial charge on any atom is -0.391 e. The SMILES string of the molecule is Cc1nocc1-c1ccc(C(C)NC(=O)C2CC(O)CN2C(=O)C(C(C)C)n2cc(I)cn2)cc1. The van der Waals surface area contributed by atoms with E-state index in [0.717, 1.165) is 26.0 Å². The van der Waals surface area contributed by atoms with Gasteiger partial charge in [0.05, 0.1) is 27.6 Å². The normalized spacial score (nSPS) is 19.7. The molecule has 0 bridgehead atoms. The maximum Gasteiger partial charge on any atom is 0.248 e. The third-order valence-corrected chi connectivity index (χ3v) is 6.99. The van der Waals surface area contributed by atoms with Gasteiger partial charge in [0, 0.05) is 24.7 Å². The van der Waals surface area contributed by atoms with Gasteiger partial charge in [-0.05, 0) is 53.5 Å². The van der Waals surface area contributed by atoms with Crippen LogP contribution in [0, 0.1) is 16.4 Å². The molecule has 1 aliphatic heterocycles. The molecule has 2 amide bonds. The lowest BCUT2D eigenvalue weighted by Gasteiger charge is -2.30. The predicted octanol–water partition coefficient (Wildman–Crippen LogP) is 3.49. The maximum absolute atomic E-state index is 13.5. The zero-order valence-corrected chi connectivity index (χ0v) is 22.3. The highest BCUT2D eigenvalue weighted by Gasteiger charge is 2.42. The molecule has 9 nitrogen and oxygen atoms in total. The van der Waals surface area contributed by atoms with Crippen molar-refractivity contribution in [2.24, 2.45) is 5.92 Å². The molecule has 0 spiro atoms. The number of aromatic nitrogens is 3. The van der Waals surface area contributed by atoms with Crippen LogP contribution < -0.4 is 5.32 Å². The first kappa shape index (κ1) is 25.4. The van der Waals surface area contributed by atoms with E-state index in [1.165, 1.54) is 4.90 Å². The van der Waals surface area contributed by atoms with Crippen LogP contribution in [-0.4, -0.2) is 55.4 Å². The Kier molecular flexibility index (Phi) is 7.60. The molecule has 186 valence electrons. The lowest BCUT2D eigenvalue weighted by atomic mass is 10.0. The molecule has 2 aromatic heterocycles. The average Bonchev–Trinajstić information content (AvgIpc) is 3.53. The largest absolute Gasteiger partial charge is 0.391 e. The number of likely N-dealkylation sites (tertiary alicyclic amines) is 1. The molecule has 1 saturated heterocycles. The van der Waals surface area contributed by atoms with Crippen molar-refractivity contribution in [1.29, 1.82) is 0 Å². The van der Waals surface area contributed by atoms with Crippen LogP contribution in [0.25, 0.3) is 11.1 Å². The Morgan fingerprint density at radius 1 is 1.23 bits per heavy atom. The summed E-state index contributed by atoms with van der Waals surface area (Å²) in [5.74, 6) is -0.526. The van der Waals surface area contributed by atoms with Crippen LogP contribution >= 0.6 is 22.6 Å². The molecule has 0 aliphatic carbocycles. The Balaban J connectivity index is 1.47. The number of rotatable bonds is 7. The van der Waals surface area contributed by atoms with Gasteiger partial charge in [-0.3, -0.25) is 14.3 Å². The van der Waals surface area contributed by atoms with Crippen molar-refractivity contribution in [3.63, 3.8) is 0 Å². The molecule has 35 heavy (non-hydrogen) atoms. The van der Waals surface area contributed by atoms with E-state index >= 15 is 0 Å². The average molecular weight is 591 g/mol. The van der Waals surface area contributed by atoms with Crippen molar-refractivity contribution in [1.82, 2.24) is 25.2 Å². The smallest absolute Gasteiger partial charge is 0.248 e. The second-order valence-electron chi connectivity index (χ2n) is 9.39. The summed E-state index contributed by atoms with van der Waals surface area (Å²) < 4.78 is 7.60. The monoisotopic (exact) mass is 591 g/mol. The molecule has 2 N–H and O–H groups in total. The van der Waals surface area contributed by atoms with E-state index in [4.69, 9.17) is 4.52 Å². The summed E-state index contributed by atoms with van der Waals surface area (Å²) in [4.78, 5) is 28.3. The number of benzene rings is 1. The number of amides is 2. The fraction of sp³-hybridized carbons (Fsp3) is 0.440. The van der Waals surface area contributed by atoms with Crippen molar-refractivity contribution < 1.29 is 19.2 Å². The van der Waals surface area contributed by atoms with Gasteiger partial charge >= 0.3 is 0 Å². The minimum atomic E-state index is -0.748. The number of carbonyl (C=O) groups excluding carboxylic acids is 2. The number of aryl methyl sites for hydroxylation is 1. The minimum absolute atomic E-state index is 0.0360. The van der Waals surface area contributed by atoms with Crippen molar-refractivity contribution in [2.45, 2.75) is 58.3 Å². The highest BCUT2D eigenvalue weighted by atomic mass is 127. The topological polar surface area (TPSA) is 113 Å². The first-order chi connectivity index (χ1) is 16.7. The number of nitrogens with zero attached hydrogens (tertiary/aromatic N) is 4. The molecule has 1 aromatic carbocycles. The molecule has 0 radical (unpaired) electrons. The molecular weight excluding hydrogens is 561 g/mol. The van der Waals surface area contributed by atoms with Gasteiger partial charge in [0.2, 0.25) is 11.8 Å². The molecule has 1 aliphatic rings. The van der Waals surface area contributed by atoms with Gasteiger partial charge < -0.3 is 19.8 Å². The summed E-state index contributed by atoms with van der Waals surface area (Å²) >= 11 is 2.15. The third-order valence-electron chi connectivity index (χ3n) is 6.43. The maximum atomic E-state index is 13.5. The number of β-amino-alcohol motifs (C(OH)–C–C–N with tert-alkyl or cyclic N) is 1. The molecule has 3 heterocycles. The Morgan fingerprint density at radius 2 is 1.94 bits per heavy atom. The van der Waals surface area contributed by atoms with Gasteiger partial charge in [-0.15, -0.1) is 0 Å². The highest BCUT2D eigenvalue weighted by Crippen LogP contribution is 2.28. The molecule has 3 aromatic rings. The fourth-order valence-electron chi connectivity index (χ4n) is 4.56. The first-order valence-electron chi connectivity index (χ1n) is 11.7. The van der Waals surface area contributed by atoms with Crippen molar-refractivity contribution in [2.75, 3.05) is 6.54 Å². The van der Waals surface area contributed by atoms with Crippen molar-refractivity contribution in [3.05, 3.63) is 57.7 Å². The first-order valence-corrected chi connectivity index (χ1v) is 12.7. The molecule has 4 rings (SSSR count). The number of aliphatic hydroxyl groups is 1. The van der Waals surface area contributed by atoms with E-state index in [9.17, 15) is 14.7 Å². The van der Waals surface area contributed by atoms with E-state index in [1.54, 1.807) is 17.1 Å². The number of aliphatic hydroxyl groups excluding tert-OH is 1. The van der Waals surface area contributed by atoms with E-state index < -0.39 is 18.2 Å². The zero-order valence-electron chi connectivity index (χ0n) is 20.2. The Labute approximate surface area is 218 Å². The summed E-state index contributed by atoms with van der Waals surface area (Å²) in [6.07, 6.45) is 4.58. The number of halogens is 1. The lowest BCUT2D eigenvalue weighted by molar-refractivity contribution is -0.142. The number of nitrogens with one attached hydrogen (secondary N) is 1. The van der Waals surface area contributed by atoms with Crippen molar-refractivity contribution in [3.8, 4) is 11.1 Å². The number of carbonyl (C=O) groups is 2. The quantitative estimate of drug-likeness (QED) is 0.407. The van der Waals surface area contributed by atoms with Crippen molar-refractivity contribution >= 4 is 34.4 Å². The summed E-state index contributed by atoms with van der Waals surface area (Å²) in [5, 5.41) is 21.6. The van der Waals surface area contributed by atoms with Gasteiger partial charge in [0.25, 0.3) is 0 Å². The van der Waals surface area contributed by atoms with Crippen LogP contribution in [0.5, 0.6) is 0 Å². The molecule has 0 saturated carbocycles. The summed E-state index contributed by atoms with van der Waals surface area (Å²) in [6.45, 7) is 7.81. The van der Waals surface area contributed by atoms with Gasteiger partial charge in [0.1, 0.15) is 18.3 Å². The van der Waals surface area contributed by atoms with Crippen LogP contribution in [0.2, 0.25) is 0 Å². The summed E-state index contributed by atoms with van der Waals surface area (Å²) in [5.41, 5.74) is 3.65. The van der Waals surface area contributed by atoms with Crippen LogP contribution in [-0.2, 0) is 9.59 Å². The second-order valence-corrected chi connectivity index (χ2v) is 10.6. The summed E-state index contributed by atoms with van der Waals surface area (Å²) in [7, 11) is 0. The molecule has 4 atom stereocenters. The lowest BCUT2D eigenvalue weighted by Crippen LogP contribution is -2.49. The second kappa shape index (κ2) is 10.5. The summed E-state index contributed by atoms with van der Waals surface area (Å²) in [6, 6.07) is 6.26. The molecule has 4 unspecified atom stereocenters. The van der Waals surface area contributed by atoms with E-state index in [2.05, 4.69) is 38.2 Å². The predicted molar refractivity (Wildman–Crippen MR) is 138 cm³/mol. The Bertz CT molecular complexity index is 1190. The van der Waals surface area contributed by atoms with Crippen LogP contribution in [0.3, 0.4) is 0 Å². The van der Waals surface area contributed by atoms with E-state index in [-0.39, 0.29) is 36.7 Å². The van der Waals surface area contributed by atoms with Crippen LogP contribution in [0.4, 0.5) is 0 Å². The van der Waals surface area contributed by atoms with E-state index in [1.807, 2.05) is 58.2 Å². The van der Waals surface area contributed by atoms with Crippen LogP contribution in [0.15, 0.2) is 47.4 Å². The number of hydrogen-bond donors (Lipinski definition) is 2. The van der Waals surface area contributed by atoms with E-state index in [0.29, 0.717) is 0 Å². The van der Waals surface area contributed by atoms with Gasteiger partial charge in [0.15, 0.2) is 0 Å². The van der Waals surface area contributed by atoms with Crippen LogP contribution in [0.1, 0.15) is 50.5 Å². The van der Waals surface area contributed by atoms with Gasteiger partial charge in [-0.25, -0.2) is 0 Å². The molecule has 10 heteroatoms. The Morgan fingerprint density at radius 3 is 2.51 bits per heavy atom. The van der Waals surface area contributed by atoms with Gasteiger partial charge in [-0.2, -0.15) is 5.10 Å².